The van der Waals surface area contributed by atoms with E-state index in [9.17, 15) is 8.78 Å². The van der Waals surface area contributed by atoms with Gasteiger partial charge in [0.05, 0.1) is 6.33 Å². The summed E-state index contributed by atoms with van der Waals surface area (Å²) >= 11 is 0. The summed E-state index contributed by atoms with van der Waals surface area (Å²) in [5.74, 6) is 0.932. The summed E-state index contributed by atoms with van der Waals surface area (Å²) in [7, 11) is -1.52. The first-order chi connectivity index (χ1) is 22.5. The molecule has 2 aliphatic heterocycles. The number of alkyl halides is 2. The van der Waals surface area contributed by atoms with Crippen molar-refractivity contribution in [3.05, 3.63) is 150 Å². The average Bonchev–Trinajstić information content (AvgIpc) is 3.90. The molecule has 2 aliphatic rings. The summed E-state index contributed by atoms with van der Waals surface area (Å²) in [6.07, 6.45) is 4.43. The molecular formula is C35H31BF2N4O4. The Morgan fingerprint density at radius 3 is 1.54 bits per heavy atom. The molecule has 0 amide bonds. The van der Waals surface area contributed by atoms with Crippen LogP contribution in [0, 0.1) is 0 Å². The molecule has 8 nitrogen and oxygen atoms in total. The standard InChI is InChI=1S/C19H16FN3O.C16H15BFNO3/c20-12-17-18(24-19(22-17)15-4-2-1-3-5-15)14-6-8-16(9-7-14)23-11-10-21-13-23;18-10-14-15(11-6-8-13(9-7-11)17(20)21)22-16(19-14)12-4-2-1-3-5-12/h1-11,13,17-18H,12H2;1-9,14-15,20-21H,10H2/t17-,18-;14-,15-/m11/s1. The van der Waals surface area contributed by atoms with Crippen molar-refractivity contribution < 1.29 is 28.3 Å². The normalized spacial score (nSPS) is 20.1. The highest BCUT2D eigenvalue weighted by atomic mass is 19.1. The molecule has 0 fully saturated rings. The molecule has 11 heteroatoms. The van der Waals surface area contributed by atoms with Crippen LogP contribution in [-0.4, -0.2) is 63.9 Å². The van der Waals surface area contributed by atoms with Gasteiger partial charge in [-0.25, -0.2) is 23.7 Å². The van der Waals surface area contributed by atoms with E-state index < -0.39 is 44.8 Å². The van der Waals surface area contributed by atoms with Gasteiger partial charge in [-0.1, -0.05) is 72.8 Å². The van der Waals surface area contributed by atoms with Crippen LogP contribution in [0.5, 0.6) is 0 Å². The van der Waals surface area contributed by atoms with Crippen molar-refractivity contribution in [2.75, 3.05) is 13.3 Å². The number of ether oxygens (including phenoxy) is 2. The molecule has 0 saturated carbocycles. The molecule has 232 valence electrons. The Hall–Kier alpha value is -5.13. The number of halogens is 2. The van der Waals surface area contributed by atoms with Crippen LogP contribution in [0.2, 0.25) is 0 Å². The molecule has 7 rings (SSSR count). The number of hydrogen-bond donors (Lipinski definition) is 2. The number of aromatic nitrogens is 2. The van der Waals surface area contributed by atoms with E-state index in [1.165, 1.54) is 0 Å². The molecule has 1 aromatic heterocycles. The highest BCUT2D eigenvalue weighted by Gasteiger charge is 2.34. The van der Waals surface area contributed by atoms with E-state index in [1.807, 2.05) is 95.7 Å². The molecule has 0 saturated heterocycles. The maximum absolute atomic E-state index is 13.4. The molecule has 0 aliphatic carbocycles. The first-order valence-electron chi connectivity index (χ1n) is 14.8. The zero-order valence-corrected chi connectivity index (χ0v) is 24.7. The van der Waals surface area contributed by atoms with Gasteiger partial charge < -0.3 is 24.1 Å². The van der Waals surface area contributed by atoms with Crippen LogP contribution in [0.4, 0.5) is 8.78 Å². The van der Waals surface area contributed by atoms with Crippen molar-refractivity contribution in [2.45, 2.75) is 24.3 Å². The van der Waals surface area contributed by atoms with Crippen molar-refractivity contribution in [2.24, 2.45) is 9.98 Å². The smallest absolute Gasteiger partial charge is 0.467 e. The van der Waals surface area contributed by atoms with Gasteiger partial charge in [0.25, 0.3) is 0 Å². The van der Waals surface area contributed by atoms with Crippen molar-refractivity contribution in [3.8, 4) is 5.69 Å². The fourth-order valence-corrected chi connectivity index (χ4v) is 5.26. The topological polar surface area (TPSA) is 101 Å². The molecule has 4 aromatic carbocycles. The summed E-state index contributed by atoms with van der Waals surface area (Å²) in [5, 5.41) is 18.2. The lowest BCUT2D eigenvalue weighted by Gasteiger charge is -2.16. The SMILES string of the molecule is FC[C@H]1N=C(c2ccccc2)O[C@@H]1c1ccc(-n2ccnc2)cc1.OB(O)c1ccc([C@H]2OC(c3ccccc3)=N[C@@H]2CF)cc1. The van der Waals surface area contributed by atoms with Crippen molar-refractivity contribution >= 4 is 24.4 Å². The number of nitrogens with zero attached hydrogens (tertiary/aromatic N) is 4. The van der Waals surface area contributed by atoms with E-state index in [0.29, 0.717) is 17.3 Å². The van der Waals surface area contributed by atoms with Crippen LogP contribution in [0.1, 0.15) is 34.5 Å². The van der Waals surface area contributed by atoms with Crippen LogP contribution >= 0.6 is 0 Å². The Morgan fingerprint density at radius 2 is 1.13 bits per heavy atom. The quantitative estimate of drug-likeness (QED) is 0.239. The van der Waals surface area contributed by atoms with Crippen molar-refractivity contribution in [1.82, 2.24) is 9.55 Å². The van der Waals surface area contributed by atoms with Crippen molar-refractivity contribution in [3.63, 3.8) is 0 Å². The van der Waals surface area contributed by atoms with Crippen molar-refractivity contribution in [1.29, 1.82) is 0 Å². The number of benzene rings is 4. The van der Waals surface area contributed by atoms with Gasteiger partial charge in [0.1, 0.15) is 25.4 Å². The second-order valence-corrected chi connectivity index (χ2v) is 10.7. The first-order valence-corrected chi connectivity index (χ1v) is 14.8. The lowest BCUT2D eigenvalue weighted by Crippen LogP contribution is -2.29. The number of imidazole rings is 1. The minimum absolute atomic E-state index is 0.378. The lowest BCUT2D eigenvalue weighted by atomic mass is 9.80. The molecule has 5 aromatic rings. The molecule has 4 atom stereocenters. The summed E-state index contributed by atoms with van der Waals surface area (Å²) in [5.41, 5.74) is 4.72. The van der Waals surface area contributed by atoms with Crippen LogP contribution in [0.3, 0.4) is 0 Å². The van der Waals surface area contributed by atoms with E-state index in [-0.39, 0.29) is 0 Å². The highest BCUT2D eigenvalue weighted by Crippen LogP contribution is 2.33. The second-order valence-electron chi connectivity index (χ2n) is 10.7. The van der Waals surface area contributed by atoms with E-state index in [4.69, 9.17) is 19.5 Å². The molecular weight excluding hydrogens is 589 g/mol. The fourth-order valence-electron chi connectivity index (χ4n) is 5.26. The van der Waals surface area contributed by atoms with Gasteiger partial charge >= 0.3 is 7.12 Å². The Kier molecular flexibility index (Phi) is 9.61. The third-order valence-corrected chi connectivity index (χ3v) is 7.69. The molecule has 3 heterocycles. The monoisotopic (exact) mass is 620 g/mol. The average molecular weight is 620 g/mol. The van der Waals surface area contributed by atoms with Gasteiger partial charge in [0.15, 0.2) is 12.2 Å². The zero-order valence-electron chi connectivity index (χ0n) is 24.7. The van der Waals surface area contributed by atoms with Crippen LogP contribution in [-0.2, 0) is 9.47 Å². The summed E-state index contributed by atoms with van der Waals surface area (Å²) < 4.78 is 40.4. The van der Waals surface area contributed by atoms with Gasteiger partial charge in [0.2, 0.25) is 11.8 Å². The van der Waals surface area contributed by atoms with E-state index in [0.717, 1.165) is 27.9 Å². The number of hydrogen-bond acceptors (Lipinski definition) is 7. The van der Waals surface area contributed by atoms with E-state index in [2.05, 4.69) is 15.0 Å². The Labute approximate surface area is 265 Å². The zero-order chi connectivity index (χ0) is 31.9. The Morgan fingerprint density at radius 1 is 0.652 bits per heavy atom. The van der Waals surface area contributed by atoms with Gasteiger partial charge in [-0.15, -0.1) is 0 Å². The minimum atomic E-state index is -1.52. The Balaban J connectivity index is 0.000000162. The largest absolute Gasteiger partial charge is 0.488 e. The maximum Gasteiger partial charge on any atom is 0.488 e. The minimum Gasteiger partial charge on any atom is -0.467 e. The Bertz CT molecular complexity index is 1750. The third kappa shape index (κ3) is 6.90. The maximum atomic E-state index is 13.4. The van der Waals surface area contributed by atoms with Gasteiger partial charge in [-0.2, -0.15) is 0 Å². The number of aliphatic imine (C=N–C) groups is 2. The predicted molar refractivity (Wildman–Crippen MR) is 173 cm³/mol. The summed E-state index contributed by atoms with van der Waals surface area (Å²) in [6.45, 7) is -1.17. The molecule has 0 unspecified atom stereocenters. The van der Waals surface area contributed by atoms with Crippen LogP contribution < -0.4 is 5.46 Å². The van der Waals surface area contributed by atoms with Gasteiger partial charge in [-0.3, -0.25) is 0 Å². The summed E-state index contributed by atoms with van der Waals surface area (Å²) in [4.78, 5) is 12.8. The summed E-state index contributed by atoms with van der Waals surface area (Å²) in [6, 6.07) is 32.2. The predicted octanol–water partition coefficient (Wildman–Crippen LogP) is 4.95. The van der Waals surface area contributed by atoms with Gasteiger partial charge in [-0.05, 0) is 53.0 Å². The highest BCUT2D eigenvalue weighted by molar-refractivity contribution is 6.58. The lowest BCUT2D eigenvalue weighted by molar-refractivity contribution is 0.180. The molecule has 0 bridgehead atoms. The van der Waals surface area contributed by atoms with Crippen LogP contribution in [0.25, 0.3) is 5.69 Å². The van der Waals surface area contributed by atoms with E-state index in [1.54, 1.807) is 36.8 Å². The fraction of sp³-hybridized carbons (Fsp3) is 0.171. The van der Waals surface area contributed by atoms with E-state index >= 15 is 0 Å². The van der Waals surface area contributed by atoms with Gasteiger partial charge in [0, 0.05) is 29.2 Å². The molecule has 2 N–H and O–H groups in total. The second kappa shape index (κ2) is 14.3. The number of rotatable bonds is 8. The third-order valence-electron chi connectivity index (χ3n) is 7.69. The molecule has 0 spiro atoms. The molecule has 46 heavy (non-hydrogen) atoms. The first kappa shape index (κ1) is 30.9. The van der Waals surface area contributed by atoms with Crippen LogP contribution in [0.15, 0.2) is 138 Å². The molecule has 0 radical (unpaired) electrons.